The van der Waals surface area contributed by atoms with Crippen molar-refractivity contribution < 1.29 is 45.4 Å². The average Bonchev–Trinajstić information content (AvgIpc) is 3.20. The predicted octanol–water partition coefficient (Wildman–Crippen LogP) is -0.802. The predicted molar refractivity (Wildman–Crippen MR) is 121 cm³/mol. The Morgan fingerprint density at radius 3 is 2.45 bits per heavy atom. The second-order valence-electron chi connectivity index (χ2n) is 6.91. The summed E-state index contributed by atoms with van der Waals surface area (Å²) in [5, 5.41) is 7.50. The Kier molecular flexibility index (Phi) is 9.59. The van der Waals surface area contributed by atoms with Gasteiger partial charge in [-0.2, -0.15) is 0 Å². The van der Waals surface area contributed by atoms with Crippen molar-refractivity contribution in [2.24, 2.45) is 5.73 Å². The van der Waals surface area contributed by atoms with E-state index in [0.717, 1.165) is 0 Å². The summed E-state index contributed by atoms with van der Waals surface area (Å²) in [5.41, 5.74) is 6.15. The van der Waals surface area contributed by atoms with Crippen LogP contribution in [0.4, 0.5) is 0 Å². The molecule has 3 N–H and O–H groups in total. The Morgan fingerprint density at radius 1 is 1.12 bits per heavy atom. The van der Waals surface area contributed by atoms with Crippen molar-refractivity contribution in [1.82, 2.24) is 25.0 Å². The molecule has 12 heteroatoms. The molecule has 0 fully saturated rings. The minimum atomic E-state index is -0.442. The molecule has 0 unspecified atom stereocenters. The number of benzene rings is 2. The Bertz CT molecular complexity index is 1210. The number of halogens is 2. The number of aromatic nitrogens is 3. The molecule has 0 aliphatic carbocycles. The molecule has 1 heterocycles. The summed E-state index contributed by atoms with van der Waals surface area (Å²) in [4.78, 5) is 43.0. The van der Waals surface area contributed by atoms with E-state index < -0.39 is 11.8 Å². The first kappa shape index (κ1) is 27.0. The third kappa shape index (κ3) is 6.20. The fourth-order valence-electron chi connectivity index (χ4n) is 2.86. The molecule has 168 valence electrons. The van der Waals surface area contributed by atoms with E-state index in [1.165, 1.54) is 15.6 Å². The van der Waals surface area contributed by atoms with Crippen LogP contribution in [0, 0.1) is 0 Å². The van der Waals surface area contributed by atoms with Crippen molar-refractivity contribution in [3.8, 4) is 5.69 Å². The summed E-state index contributed by atoms with van der Waals surface area (Å²) in [6.07, 6.45) is 0. The fraction of sp³-hybridized carbons (Fsp3) is 0.190. The van der Waals surface area contributed by atoms with E-state index in [1.54, 1.807) is 50.5 Å². The van der Waals surface area contributed by atoms with Crippen LogP contribution in [0.1, 0.15) is 33.8 Å². The van der Waals surface area contributed by atoms with Gasteiger partial charge in [0.1, 0.15) is 0 Å². The average molecular weight is 499 g/mol. The topological polar surface area (TPSA) is 123 Å². The summed E-state index contributed by atoms with van der Waals surface area (Å²) in [6.45, 7) is -0.277. The molecular formula is C21H21Cl2N6NaO3. The Morgan fingerprint density at radius 2 is 1.82 bits per heavy atom. The molecule has 0 aliphatic heterocycles. The van der Waals surface area contributed by atoms with Gasteiger partial charge >= 0.3 is 29.6 Å². The van der Waals surface area contributed by atoms with Crippen LogP contribution in [0.15, 0.2) is 42.5 Å². The molecule has 0 atom stereocenters. The van der Waals surface area contributed by atoms with Gasteiger partial charge in [0.05, 0.1) is 23.8 Å². The van der Waals surface area contributed by atoms with E-state index in [1.807, 2.05) is 0 Å². The standard InChI is InChI=1S/C21H20Cl2N6O3.Na.H/c1-28(2)21(32)20-26-17(11-25-18(30)10-24)29(27-20)16-8-7-12(22)9-14(16)19(31)13-5-3-4-6-15(13)23;;/h3-9H,10-11,24H2,1-2H3,(H,25,30);;/q;+1;-1. The van der Waals surface area contributed by atoms with Gasteiger partial charge < -0.3 is 17.4 Å². The number of ketones is 1. The summed E-state index contributed by atoms with van der Waals surface area (Å²) in [6, 6.07) is 11.3. The van der Waals surface area contributed by atoms with Crippen LogP contribution in [0.25, 0.3) is 5.69 Å². The van der Waals surface area contributed by atoms with Crippen LogP contribution in [0.3, 0.4) is 0 Å². The van der Waals surface area contributed by atoms with Crippen molar-refractivity contribution in [1.29, 1.82) is 0 Å². The molecule has 3 rings (SSSR count). The van der Waals surface area contributed by atoms with Crippen molar-refractivity contribution in [2.45, 2.75) is 6.54 Å². The smallest absolute Gasteiger partial charge is 1.00 e. The van der Waals surface area contributed by atoms with Crippen molar-refractivity contribution in [3.05, 3.63) is 75.3 Å². The molecule has 3 aromatic rings. The minimum Gasteiger partial charge on any atom is -1.00 e. The molecule has 0 spiro atoms. The van der Waals surface area contributed by atoms with Gasteiger partial charge in [-0.25, -0.2) is 9.67 Å². The van der Waals surface area contributed by atoms with E-state index in [2.05, 4.69) is 15.4 Å². The van der Waals surface area contributed by atoms with Crippen molar-refractivity contribution in [2.75, 3.05) is 20.6 Å². The second-order valence-corrected chi connectivity index (χ2v) is 7.76. The van der Waals surface area contributed by atoms with E-state index >= 15 is 0 Å². The van der Waals surface area contributed by atoms with Crippen LogP contribution in [0.2, 0.25) is 10.0 Å². The SMILES string of the molecule is CN(C)C(=O)c1nc(CNC(=O)CN)n(-c2ccc(Cl)cc2C(=O)c2ccccc2Cl)n1.[H-].[Na+]. The molecule has 33 heavy (non-hydrogen) atoms. The number of nitrogens with two attached hydrogens (primary N) is 1. The van der Waals surface area contributed by atoms with E-state index in [-0.39, 0.29) is 77.7 Å². The monoisotopic (exact) mass is 498 g/mol. The maximum Gasteiger partial charge on any atom is 1.00 e. The summed E-state index contributed by atoms with van der Waals surface area (Å²) in [5.74, 6) is -1.11. The largest absolute Gasteiger partial charge is 1.00 e. The normalized spacial score (nSPS) is 10.3. The van der Waals surface area contributed by atoms with Gasteiger partial charge in [-0.05, 0) is 30.3 Å². The number of amides is 2. The zero-order valence-electron chi connectivity index (χ0n) is 19.3. The van der Waals surface area contributed by atoms with E-state index in [9.17, 15) is 14.4 Å². The Hall–Kier alpha value is -2.27. The first-order chi connectivity index (χ1) is 15.2. The maximum absolute atomic E-state index is 13.3. The van der Waals surface area contributed by atoms with Crippen LogP contribution < -0.4 is 40.6 Å². The van der Waals surface area contributed by atoms with E-state index in [0.29, 0.717) is 10.7 Å². The Labute approximate surface area is 224 Å². The molecule has 0 saturated heterocycles. The molecule has 2 aromatic carbocycles. The number of hydrogen-bond acceptors (Lipinski definition) is 6. The zero-order chi connectivity index (χ0) is 23.4. The van der Waals surface area contributed by atoms with Crippen LogP contribution in [-0.4, -0.2) is 57.9 Å². The first-order valence-electron chi connectivity index (χ1n) is 9.46. The van der Waals surface area contributed by atoms with Gasteiger partial charge in [0, 0.05) is 30.2 Å². The van der Waals surface area contributed by atoms with Gasteiger partial charge in [-0.3, -0.25) is 14.4 Å². The number of rotatable bonds is 7. The Balaban J connectivity index is 0.00000289. The van der Waals surface area contributed by atoms with Gasteiger partial charge in [0.15, 0.2) is 11.6 Å². The zero-order valence-corrected chi connectivity index (χ0v) is 21.8. The molecule has 0 bridgehead atoms. The van der Waals surface area contributed by atoms with Gasteiger partial charge in [-0.1, -0.05) is 35.3 Å². The minimum absolute atomic E-state index is 0. The maximum atomic E-state index is 13.3. The van der Waals surface area contributed by atoms with Crippen LogP contribution >= 0.6 is 23.2 Å². The van der Waals surface area contributed by atoms with Gasteiger partial charge in [0.25, 0.3) is 5.91 Å². The number of hydrogen-bond donors (Lipinski definition) is 2. The summed E-state index contributed by atoms with van der Waals surface area (Å²) >= 11 is 12.4. The summed E-state index contributed by atoms with van der Waals surface area (Å²) in [7, 11) is 3.13. The second kappa shape index (κ2) is 11.7. The number of nitrogens with zero attached hydrogens (tertiary/aromatic N) is 4. The third-order valence-corrected chi connectivity index (χ3v) is 5.02. The number of carbonyl (C=O) groups is 3. The quantitative estimate of drug-likeness (QED) is 0.324. The number of nitrogens with one attached hydrogen (secondary N) is 1. The molecule has 0 saturated carbocycles. The van der Waals surface area contributed by atoms with Crippen LogP contribution in [-0.2, 0) is 11.3 Å². The molecule has 2 amide bonds. The molecule has 1 aromatic heterocycles. The number of carbonyl (C=O) groups excluding carboxylic acids is 3. The van der Waals surface area contributed by atoms with Crippen molar-refractivity contribution >= 4 is 40.8 Å². The molecule has 0 aliphatic rings. The third-order valence-electron chi connectivity index (χ3n) is 4.45. The van der Waals surface area contributed by atoms with Crippen molar-refractivity contribution in [3.63, 3.8) is 0 Å². The fourth-order valence-corrected chi connectivity index (χ4v) is 3.25. The summed E-state index contributed by atoms with van der Waals surface area (Å²) < 4.78 is 1.33. The van der Waals surface area contributed by atoms with Gasteiger partial charge in [-0.15, -0.1) is 5.10 Å². The molecule has 0 radical (unpaired) electrons. The molecular weight excluding hydrogens is 478 g/mol. The van der Waals surface area contributed by atoms with Gasteiger partial charge in [0.2, 0.25) is 11.7 Å². The molecule has 9 nitrogen and oxygen atoms in total. The first-order valence-corrected chi connectivity index (χ1v) is 10.2. The van der Waals surface area contributed by atoms with E-state index in [4.69, 9.17) is 28.9 Å². The van der Waals surface area contributed by atoms with Crippen LogP contribution in [0.5, 0.6) is 0 Å².